The van der Waals surface area contributed by atoms with E-state index in [1.54, 1.807) is 41.7 Å². The smallest absolute Gasteiger partial charge is 0.289 e. The summed E-state index contributed by atoms with van der Waals surface area (Å²) < 4.78 is 7.62. The molecule has 1 aliphatic heterocycles. The molecule has 0 spiro atoms. The number of hydrogen-bond donors (Lipinski definition) is 3. The zero-order chi connectivity index (χ0) is 20.4. The van der Waals surface area contributed by atoms with Gasteiger partial charge in [0.25, 0.3) is 5.91 Å². The molecule has 3 N–H and O–H groups in total. The minimum Gasteiger partial charge on any atom is -0.508 e. The predicted molar refractivity (Wildman–Crippen MR) is 104 cm³/mol. The first-order valence-electron chi connectivity index (χ1n) is 9.27. The number of phenolic OH excluding ortho intramolecular Hbond substituents is 1. The first-order chi connectivity index (χ1) is 14.1. The molecule has 1 unspecified atom stereocenters. The van der Waals surface area contributed by atoms with Crippen molar-refractivity contribution in [2.75, 3.05) is 6.54 Å². The van der Waals surface area contributed by atoms with Gasteiger partial charge in [0.05, 0.1) is 6.33 Å². The van der Waals surface area contributed by atoms with E-state index in [0.29, 0.717) is 42.2 Å². The van der Waals surface area contributed by atoms with E-state index in [1.807, 2.05) is 10.8 Å². The molecule has 3 heterocycles. The van der Waals surface area contributed by atoms with Gasteiger partial charge >= 0.3 is 0 Å². The summed E-state index contributed by atoms with van der Waals surface area (Å²) in [5.41, 5.74) is 0.896. The van der Waals surface area contributed by atoms with Gasteiger partial charge in [0, 0.05) is 31.1 Å². The average molecular weight is 395 g/mol. The zero-order valence-electron chi connectivity index (χ0n) is 15.6. The van der Waals surface area contributed by atoms with E-state index < -0.39 is 11.9 Å². The average Bonchev–Trinajstić information content (AvgIpc) is 3.44. The van der Waals surface area contributed by atoms with Crippen LogP contribution in [0.1, 0.15) is 29.5 Å². The van der Waals surface area contributed by atoms with Crippen LogP contribution in [-0.2, 0) is 17.9 Å². The van der Waals surface area contributed by atoms with Gasteiger partial charge in [-0.1, -0.05) is 12.1 Å². The fourth-order valence-corrected chi connectivity index (χ4v) is 3.62. The number of nitrogens with zero attached hydrogens (tertiary/aromatic N) is 3. The lowest BCUT2D eigenvalue weighted by atomic mass is 9.97. The minimum absolute atomic E-state index is 0.0306. The van der Waals surface area contributed by atoms with E-state index in [9.17, 15) is 20.1 Å². The van der Waals surface area contributed by atoms with Gasteiger partial charge in [-0.3, -0.25) is 4.79 Å². The summed E-state index contributed by atoms with van der Waals surface area (Å²) in [6.07, 6.45) is 5.89. The SMILES string of the molecule is O=C1C(O)=C(c2cccc(O)c2)C(c2ccc(CO)o2)N1CCCn1ccnc1. The van der Waals surface area contributed by atoms with Gasteiger partial charge in [0.1, 0.15) is 29.9 Å². The maximum atomic E-state index is 12.9. The number of hydrogen-bond acceptors (Lipinski definition) is 6. The van der Waals surface area contributed by atoms with Crippen LogP contribution < -0.4 is 0 Å². The lowest BCUT2D eigenvalue weighted by molar-refractivity contribution is -0.129. The third kappa shape index (κ3) is 3.62. The second-order valence-corrected chi connectivity index (χ2v) is 6.83. The van der Waals surface area contributed by atoms with Crippen molar-refractivity contribution < 1.29 is 24.5 Å². The monoisotopic (exact) mass is 395 g/mol. The molecule has 0 aliphatic carbocycles. The minimum atomic E-state index is -0.660. The molecule has 0 saturated carbocycles. The number of rotatable bonds is 7. The van der Waals surface area contributed by atoms with Gasteiger partial charge in [-0.25, -0.2) is 4.98 Å². The fraction of sp³-hybridized carbons (Fsp3) is 0.238. The molecule has 8 heteroatoms. The Morgan fingerprint density at radius 2 is 2.00 bits per heavy atom. The van der Waals surface area contributed by atoms with Crippen molar-refractivity contribution in [1.82, 2.24) is 14.5 Å². The molecule has 1 atom stereocenters. The number of aliphatic hydroxyl groups is 2. The van der Waals surface area contributed by atoms with Crippen molar-refractivity contribution in [3.8, 4) is 5.75 Å². The molecule has 29 heavy (non-hydrogen) atoms. The number of aryl methyl sites for hydroxylation is 1. The Labute approximate surface area is 167 Å². The van der Waals surface area contributed by atoms with Crippen LogP contribution in [0, 0.1) is 0 Å². The Bertz CT molecular complexity index is 1040. The van der Waals surface area contributed by atoms with Crippen molar-refractivity contribution in [3.63, 3.8) is 0 Å². The number of amides is 1. The van der Waals surface area contributed by atoms with Crippen molar-refractivity contribution in [2.45, 2.75) is 25.6 Å². The molecule has 0 fully saturated rings. The van der Waals surface area contributed by atoms with Crippen molar-refractivity contribution in [1.29, 1.82) is 0 Å². The number of furan rings is 1. The van der Waals surface area contributed by atoms with Gasteiger partial charge in [-0.2, -0.15) is 0 Å². The van der Waals surface area contributed by atoms with Crippen LogP contribution in [0.15, 0.2) is 65.3 Å². The number of phenols is 1. The number of aliphatic hydroxyl groups excluding tert-OH is 2. The van der Waals surface area contributed by atoms with E-state index in [2.05, 4.69) is 4.98 Å². The maximum absolute atomic E-state index is 12.9. The lowest BCUT2D eigenvalue weighted by Gasteiger charge is -2.25. The van der Waals surface area contributed by atoms with Crippen LogP contribution in [-0.4, -0.2) is 42.2 Å². The molecule has 1 aliphatic rings. The number of imidazole rings is 1. The molecule has 8 nitrogen and oxygen atoms in total. The first kappa shape index (κ1) is 18.8. The number of aromatic hydroxyl groups is 1. The second-order valence-electron chi connectivity index (χ2n) is 6.83. The highest BCUT2D eigenvalue weighted by Crippen LogP contribution is 2.44. The maximum Gasteiger partial charge on any atom is 0.289 e. The number of benzene rings is 1. The summed E-state index contributed by atoms with van der Waals surface area (Å²) in [4.78, 5) is 18.4. The Balaban J connectivity index is 1.67. The van der Waals surface area contributed by atoms with Crippen LogP contribution in [0.5, 0.6) is 5.75 Å². The van der Waals surface area contributed by atoms with Crippen molar-refractivity contribution in [2.24, 2.45) is 0 Å². The normalized spacial score (nSPS) is 16.8. The highest BCUT2D eigenvalue weighted by Gasteiger charge is 2.42. The van der Waals surface area contributed by atoms with Crippen LogP contribution in [0.3, 0.4) is 0 Å². The molecule has 2 aromatic heterocycles. The molecular weight excluding hydrogens is 374 g/mol. The van der Waals surface area contributed by atoms with E-state index in [0.717, 1.165) is 0 Å². The van der Waals surface area contributed by atoms with Gasteiger partial charge in [-0.15, -0.1) is 0 Å². The second kappa shape index (κ2) is 7.84. The number of aromatic nitrogens is 2. The molecule has 0 saturated heterocycles. The summed E-state index contributed by atoms with van der Waals surface area (Å²) in [5, 5.41) is 29.9. The van der Waals surface area contributed by atoms with Gasteiger partial charge < -0.3 is 29.2 Å². The Morgan fingerprint density at radius 3 is 2.69 bits per heavy atom. The molecule has 3 aromatic rings. The molecular formula is C21H21N3O5. The van der Waals surface area contributed by atoms with Crippen LogP contribution in [0.4, 0.5) is 0 Å². The highest BCUT2D eigenvalue weighted by atomic mass is 16.4. The number of carbonyl (C=O) groups excluding carboxylic acids is 1. The first-order valence-corrected chi connectivity index (χ1v) is 9.27. The van der Waals surface area contributed by atoms with Crippen LogP contribution in [0.2, 0.25) is 0 Å². The summed E-state index contributed by atoms with van der Waals surface area (Å²) in [7, 11) is 0. The summed E-state index contributed by atoms with van der Waals surface area (Å²) in [5.74, 6) is -0.0333. The van der Waals surface area contributed by atoms with Gasteiger partial charge in [0.2, 0.25) is 0 Å². The van der Waals surface area contributed by atoms with E-state index in [4.69, 9.17) is 4.42 Å². The summed E-state index contributed by atoms with van der Waals surface area (Å²) in [6, 6.07) is 9.05. The van der Waals surface area contributed by atoms with E-state index in [1.165, 1.54) is 12.1 Å². The Hall–Kier alpha value is -3.52. The van der Waals surface area contributed by atoms with Gasteiger partial charge in [0.15, 0.2) is 5.76 Å². The third-order valence-electron chi connectivity index (χ3n) is 4.94. The fourth-order valence-electron chi connectivity index (χ4n) is 3.62. The van der Waals surface area contributed by atoms with Gasteiger partial charge in [-0.05, 0) is 36.2 Å². The molecule has 150 valence electrons. The third-order valence-corrected chi connectivity index (χ3v) is 4.94. The van der Waals surface area contributed by atoms with Crippen LogP contribution >= 0.6 is 0 Å². The Kier molecular flexibility index (Phi) is 5.09. The summed E-state index contributed by atoms with van der Waals surface area (Å²) in [6.45, 7) is 0.778. The number of carbonyl (C=O) groups is 1. The Morgan fingerprint density at radius 1 is 1.14 bits per heavy atom. The van der Waals surface area contributed by atoms with Crippen molar-refractivity contribution in [3.05, 3.63) is 78.0 Å². The van der Waals surface area contributed by atoms with Crippen molar-refractivity contribution >= 4 is 11.5 Å². The van der Waals surface area contributed by atoms with E-state index >= 15 is 0 Å². The highest BCUT2D eigenvalue weighted by molar-refractivity contribution is 6.05. The van der Waals surface area contributed by atoms with Crippen LogP contribution in [0.25, 0.3) is 5.57 Å². The quantitative estimate of drug-likeness (QED) is 0.567. The van der Waals surface area contributed by atoms with E-state index in [-0.39, 0.29) is 18.1 Å². The topological polar surface area (TPSA) is 112 Å². The standard InChI is InChI=1S/C21H21N3O5/c25-12-16-5-6-17(29-16)19-18(14-3-1-4-15(26)11-14)20(27)21(28)24(19)9-2-8-23-10-7-22-13-23/h1,3-7,10-11,13,19,25-27H,2,8-9,12H2. The molecule has 0 radical (unpaired) electrons. The lowest BCUT2D eigenvalue weighted by Crippen LogP contribution is -2.31. The molecule has 0 bridgehead atoms. The largest absolute Gasteiger partial charge is 0.508 e. The molecule has 4 rings (SSSR count). The molecule has 1 amide bonds. The zero-order valence-corrected chi connectivity index (χ0v) is 15.6. The predicted octanol–water partition coefficient (Wildman–Crippen LogP) is 2.62. The summed E-state index contributed by atoms with van der Waals surface area (Å²) >= 11 is 0. The molecule has 1 aromatic carbocycles.